The molecular formula is C23H32ClNO5. The monoisotopic (exact) mass is 437 g/mol. The Balaban J connectivity index is 1.44. The molecule has 2 saturated heterocycles. The summed E-state index contributed by atoms with van der Waals surface area (Å²) in [5, 5.41) is 21.4. The third-order valence-electron chi connectivity index (χ3n) is 7.39. The summed E-state index contributed by atoms with van der Waals surface area (Å²) in [5.41, 5.74) is 1.18. The molecule has 4 atom stereocenters. The lowest BCUT2D eigenvalue weighted by Gasteiger charge is -2.37. The minimum absolute atomic E-state index is 0.0378. The Morgan fingerprint density at radius 1 is 1.23 bits per heavy atom. The van der Waals surface area contributed by atoms with E-state index in [1.165, 1.54) is 0 Å². The molecule has 3 aliphatic rings. The first-order chi connectivity index (χ1) is 14.3. The number of rotatable bonds is 4. The molecule has 2 heterocycles. The molecule has 0 spiro atoms. The molecule has 3 fully saturated rings. The molecule has 1 saturated carbocycles. The minimum Gasteiger partial charge on any atom is -0.487 e. The van der Waals surface area contributed by atoms with Gasteiger partial charge in [0.25, 0.3) is 0 Å². The molecule has 6 nitrogen and oxygen atoms in total. The lowest BCUT2D eigenvalue weighted by atomic mass is 9.78. The maximum atomic E-state index is 13.3. The standard InChI is InChI=1S/C23H32ClNO5/c1-14-3-4-19(15(2)21(14)24)30-20-10-17-12-25(11-16(17)9-18(20)27)22(28)23(13-26)5-7-29-8-6-23/h3-4,16-18,20,26-27H,5-13H2,1-2H3/t16-,17+,18+,20+/m0/s1. The van der Waals surface area contributed by atoms with Crippen molar-refractivity contribution in [3.63, 3.8) is 0 Å². The predicted molar refractivity (Wildman–Crippen MR) is 114 cm³/mol. The van der Waals surface area contributed by atoms with E-state index < -0.39 is 11.5 Å². The van der Waals surface area contributed by atoms with Gasteiger partial charge < -0.3 is 24.6 Å². The number of ether oxygens (including phenoxy) is 2. The summed E-state index contributed by atoms with van der Waals surface area (Å²) >= 11 is 6.36. The van der Waals surface area contributed by atoms with Crippen molar-refractivity contribution in [2.75, 3.05) is 32.9 Å². The van der Waals surface area contributed by atoms with Crippen molar-refractivity contribution in [2.45, 2.75) is 51.7 Å². The molecule has 1 amide bonds. The van der Waals surface area contributed by atoms with Gasteiger partial charge in [-0.05, 0) is 63.0 Å². The maximum absolute atomic E-state index is 13.3. The van der Waals surface area contributed by atoms with Crippen molar-refractivity contribution in [1.82, 2.24) is 4.90 Å². The quantitative estimate of drug-likeness (QED) is 0.757. The summed E-state index contributed by atoms with van der Waals surface area (Å²) in [6, 6.07) is 3.84. The summed E-state index contributed by atoms with van der Waals surface area (Å²) in [6.07, 6.45) is 1.57. The van der Waals surface area contributed by atoms with Crippen LogP contribution in [0.2, 0.25) is 5.02 Å². The predicted octanol–water partition coefficient (Wildman–Crippen LogP) is 2.72. The number of nitrogens with zero attached hydrogens (tertiary/aromatic N) is 1. The molecule has 0 bridgehead atoms. The zero-order valence-corrected chi connectivity index (χ0v) is 18.5. The Morgan fingerprint density at radius 2 is 1.90 bits per heavy atom. The van der Waals surface area contributed by atoms with Crippen LogP contribution in [0.15, 0.2) is 12.1 Å². The van der Waals surface area contributed by atoms with Crippen molar-refractivity contribution in [3.05, 3.63) is 28.3 Å². The second-order valence-corrected chi connectivity index (χ2v) is 9.67. The van der Waals surface area contributed by atoms with Crippen LogP contribution in [-0.4, -0.2) is 66.1 Å². The van der Waals surface area contributed by atoms with Gasteiger partial charge in [0.05, 0.1) is 23.1 Å². The number of fused-ring (bicyclic) bond motifs is 1. The first kappa shape index (κ1) is 21.9. The van der Waals surface area contributed by atoms with Gasteiger partial charge >= 0.3 is 0 Å². The van der Waals surface area contributed by atoms with Gasteiger partial charge in [-0.2, -0.15) is 0 Å². The SMILES string of the molecule is Cc1ccc(O[C@@H]2C[C@@H]3CN(C(=O)C4(CO)CCOCC4)C[C@@H]3C[C@H]2O)c(C)c1Cl. The number of carbonyl (C=O) groups excluding carboxylic acids is 1. The molecule has 2 aliphatic heterocycles. The van der Waals surface area contributed by atoms with Crippen molar-refractivity contribution in [1.29, 1.82) is 0 Å². The number of aliphatic hydroxyl groups is 2. The molecule has 1 aromatic carbocycles. The molecule has 0 radical (unpaired) electrons. The van der Waals surface area contributed by atoms with E-state index in [0.29, 0.717) is 68.7 Å². The van der Waals surface area contributed by atoms with Gasteiger partial charge in [0.1, 0.15) is 11.9 Å². The van der Waals surface area contributed by atoms with Crippen molar-refractivity contribution < 1.29 is 24.5 Å². The molecule has 166 valence electrons. The minimum atomic E-state index is -0.712. The third-order valence-corrected chi connectivity index (χ3v) is 7.97. The van der Waals surface area contributed by atoms with Crippen LogP contribution < -0.4 is 4.74 Å². The fraction of sp³-hybridized carbons (Fsp3) is 0.696. The Bertz CT molecular complexity index is 794. The Morgan fingerprint density at radius 3 is 2.57 bits per heavy atom. The number of hydrogen-bond acceptors (Lipinski definition) is 5. The summed E-state index contributed by atoms with van der Waals surface area (Å²) in [6.45, 7) is 6.09. The molecule has 2 N–H and O–H groups in total. The van der Waals surface area contributed by atoms with E-state index in [0.717, 1.165) is 11.1 Å². The second kappa shape index (κ2) is 8.65. The summed E-state index contributed by atoms with van der Waals surface area (Å²) in [7, 11) is 0. The topological polar surface area (TPSA) is 79.2 Å². The average Bonchev–Trinajstić information content (AvgIpc) is 3.16. The van der Waals surface area contributed by atoms with Crippen LogP contribution in [0.3, 0.4) is 0 Å². The number of aryl methyl sites for hydroxylation is 1. The van der Waals surface area contributed by atoms with Gasteiger partial charge in [-0.3, -0.25) is 4.79 Å². The molecular weight excluding hydrogens is 406 g/mol. The highest BCUT2D eigenvalue weighted by Crippen LogP contribution is 2.41. The van der Waals surface area contributed by atoms with Gasteiger partial charge in [-0.1, -0.05) is 17.7 Å². The summed E-state index contributed by atoms with van der Waals surface area (Å²) < 4.78 is 11.6. The van der Waals surface area contributed by atoms with Crippen LogP contribution in [-0.2, 0) is 9.53 Å². The number of halogens is 1. The fourth-order valence-corrected chi connectivity index (χ4v) is 5.47. The fourth-order valence-electron chi connectivity index (χ4n) is 5.31. The van der Waals surface area contributed by atoms with Gasteiger partial charge in [-0.25, -0.2) is 0 Å². The van der Waals surface area contributed by atoms with E-state index in [9.17, 15) is 15.0 Å². The zero-order chi connectivity index (χ0) is 21.5. The van der Waals surface area contributed by atoms with E-state index in [2.05, 4.69) is 0 Å². The van der Waals surface area contributed by atoms with Crippen LogP contribution >= 0.6 is 11.6 Å². The molecule has 1 aromatic rings. The number of carbonyl (C=O) groups is 1. The lowest BCUT2D eigenvalue weighted by molar-refractivity contribution is -0.150. The van der Waals surface area contributed by atoms with Crippen LogP contribution in [0.4, 0.5) is 0 Å². The van der Waals surface area contributed by atoms with E-state index in [-0.39, 0.29) is 24.5 Å². The first-order valence-electron chi connectivity index (χ1n) is 10.9. The number of likely N-dealkylation sites (tertiary alicyclic amines) is 1. The molecule has 30 heavy (non-hydrogen) atoms. The van der Waals surface area contributed by atoms with E-state index in [4.69, 9.17) is 21.1 Å². The molecule has 0 unspecified atom stereocenters. The maximum Gasteiger partial charge on any atom is 0.231 e. The molecule has 1 aliphatic carbocycles. The Labute approximate surface area is 183 Å². The number of aliphatic hydroxyl groups excluding tert-OH is 2. The highest BCUT2D eigenvalue weighted by atomic mass is 35.5. The smallest absolute Gasteiger partial charge is 0.231 e. The molecule has 7 heteroatoms. The average molecular weight is 438 g/mol. The second-order valence-electron chi connectivity index (χ2n) is 9.30. The number of hydrogen-bond donors (Lipinski definition) is 2. The highest BCUT2D eigenvalue weighted by molar-refractivity contribution is 6.32. The number of benzene rings is 1. The Hall–Kier alpha value is -1.34. The normalized spacial score (nSPS) is 30.8. The number of amides is 1. The zero-order valence-electron chi connectivity index (χ0n) is 17.8. The van der Waals surface area contributed by atoms with Crippen molar-refractivity contribution >= 4 is 17.5 Å². The molecule has 4 rings (SSSR count). The Kier molecular flexibility index (Phi) is 6.31. The van der Waals surface area contributed by atoms with Crippen LogP contribution in [0.1, 0.15) is 36.8 Å². The lowest BCUT2D eigenvalue weighted by Crippen LogP contribution is -2.48. The van der Waals surface area contributed by atoms with Crippen molar-refractivity contribution in [3.8, 4) is 5.75 Å². The summed E-state index contributed by atoms with van der Waals surface area (Å²) in [4.78, 5) is 15.2. The van der Waals surface area contributed by atoms with E-state index >= 15 is 0 Å². The first-order valence-corrected chi connectivity index (χ1v) is 11.3. The third kappa shape index (κ3) is 3.95. The van der Waals surface area contributed by atoms with Crippen LogP contribution in [0, 0.1) is 31.1 Å². The van der Waals surface area contributed by atoms with Gasteiger partial charge in [-0.15, -0.1) is 0 Å². The summed E-state index contributed by atoms with van der Waals surface area (Å²) in [5.74, 6) is 1.30. The van der Waals surface area contributed by atoms with Gasteiger partial charge in [0.15, 0.2) is 0 Å². The van der Waals surface area contributed by atoms with E-state index in [1.807, 2.05) is 30.9 Å². The highest BCUT2D eigenvalue weighted by Gasteiger charge is 2.48. The van der Waals surface area contributed by atoms with Crippen LogP contribution in [0.25, 0.3) is 0 Å². The molecule has 0 aromatic heterocycles. The van der Waals surface area contributed by atoms with Gasteiger partial charge in [0, 0.05) is 31.9 Å². The van der Waals surface area contributed by atoms with Crippen LogP contribution in [0.5, 0.6) is 5.75 Å². The van der Waals surface area contributed by atoms with E-state index in [1.54, 1.807) is 0 Å². The van der Waals surface area contributed by atoms with Crippen molar-refractivity contribution in [2.24, 2.45) is 17.3 Å². The van der Waals surface area contributed by atoms with Gasteiger partial charge in [0.2, 0.25) is 5.91 Å². The largest absolute Gasteiger partial charge is 0.487 e.